The van der Waals surface area contributed by atoms with Gasteiger partial charge in [0.2, 0.25) is 0 Å². The van der Waals surface area contributed by atoms with Crippen LogP contribution in [-0.4, -0.2) is 28.9 Å². The van der Waals surface area contributed by atoms with E-state index in [-0.39, 0.29) is 11.3 Å². The molecule has 1 aromatic carbocycles. The van der Waals surface area contributed by atoms with Gasteiger partial charge < -0.3 is 4.90 Å². The number of amides is 1. The first-order chi connectivity index (χ1) is 10.7. The monoisotopic (exact) mass is 310 g/mol. The van der Waals surface area contributed by atoms with Gasteiger partial charge in [-0.3, -0.25) is 4.79 Å². The van der Waals surface area contributed by atoms with Gasteiger partial charge in [-0.15, -0.1) is 11.3 Å². The smallest absolute Gasteiger partial charge is 0.273 e. The Bertz CT molecular complexity index is 742. The van der Waals surface area contributed by atoms with Gasteiger partial charge in [-0.1, -0.05) is 42.5 Å². The maximum absolute atomic E-state index is 12.8. The summed E-state index contributed by atoms with van der Waals surface area (Å²) in [6.45, 7) is 3.66. The number of thiazole rings is 1. The lowest BCUT2D eigenvalue weighted by molar-refractivity contribution is 0.0667. The van der Waals surface area contributed by atoms with E-state index in [9.17, 15) is 4.79 Å². The normalized spacial score (nSPS) is 18.7. The molecule has 4 heteroatoms. The van der Waals surface area contributed by atoms with E-state index in [2.05, 4.69) is 17.1 Å². The zero-order valence-corrected chi connectivity index (χ0v) is 13.4. The summed E-state index contributed by atoms with van der Waals surface area (Å²) in [5.74, 6) is 0.0868. The molecular weight excluding hydrogens is 292 g/mol. The van der Waals surface area contributed by atoms with Gasteiger partial charge in [0.1, 0.15) is 10.7 Å². The second kappa shape index (κ2) is 5.06. The summed E-state index contributed by atoms with van der Waals surface area (Å²) < 4.78 is 0. The van der Waals surface area contributed by atoms with Gasteiger partial charge in [0, 0.05) is 28.9 Å². The number of hydrogen-bond donors (Lipinski definition) is 0. The summed E-state index contributed by atoms with van der Waals surface area (Å²) in [6.07, 6.45) is 6.72. The highest BCUT2D eigenvalue weighted by Gasteiger charge is 2.40. The topological polar surface area (TPSA) is 33.2 Å². The first-order valence-corrected chi connectivity index (χ1v) is 8.51. The lowest BCUT2D eigenvalue weighted by atomic mass is 9.92. The Morgan fingerprint density at radius 1 is 1.27 bits per heavy atom. The van der Waals surface area contributed by atoms with E-state index in [4.69, 9.17) is 0 Å². The molecule has 0 saturated carbocycles. The van der Waals surface area contributed by atoms with Crippen molar-refractivity contribution in [1.82, 2.24) is 9.88 Å². The van der Waals surface area contributed by atoms with Crippen molar-refractivity contribution in [2.45, 2.75) is 19.8 Å². The molecule has 1 saturated heterocycles. The van der Waals surface area contributed by atoms with Gasteiger partial charge in [-0.05, 0) is 19.8 Å². The first kappa shape index (κ1) is 13.7. The Morgan fingerprint density at radius 2 is 2.05 bits per heavy atom. The van der Waals surface area contributed by atoms with E-state index >= 15 is 0 Å². The van der Waals surface area contributed by atoms with Crippen LogP contribution < -0.4 is 0 Å². The fourth-order valence-electron chi connectivity index (χ4n) is 3.12. The number of likely N-dealkylation sites (tertiary alicyclic amines) is 1. The average Bonchev–Trinajstić information content (AvgIpc) is 3.17. The summed E-state index contributed by atoms with van der Waals surface area (Å²) in [5, 5.41) is 0.928. The second-order valence-corrected chi connectivity index (χ2v) is 7.39. The number of aromatic nitrogens is 1. The van der Waals surface area contributed by atoms with Crippen LogP contribution in [0.5, 0.6) is 0 Å². The van der Waals surface area contributed by atoms with Crippen molar-refractivity contribution >= 4 is 17.2 Å². The molecule has 22 heavy (non-hydrogen) atoms. The molecule has 0 unspecified atom stereocenters. The fourth-order valence-corrected chi connectivity index (χ4v) is 4.04. The summed E-state index contributed by atoms with van der Waals surface area (Å²) in [6, 6.07) is 10.1. The zero-order chi connectivity index (χ0) is 15.2. The Labute approximate surface area is 134 Å². The number of carbonyl (C=O) groups excluding carboxylic acids is 1. The van der Waals surface area contributed by atoms with E-state index in [1.807, 2.05) is 42.2 Å². The Kier molecular flexibility index (Phi) is 3.15. The van der Waals surface area contributed by atoms with Crippen molar-refractivity contribution < 1.29 is 4.79 Å². The van der Waals surface area contributed by atoms with Crippen LogP contribution in [0.2, 0.25) is 0 Å². The van der Waals surface area contributed by atoms with Gasteiger partial charge in [-0.2, -0.15) is 0 Å². The third-order valence-corrected chi connectivity index (χ3v) is 5.52. The summed E-state index contributed by atoms with van der Waals surface area (Å²) in [7, 11) is 0. The number of carbonyl (C=O) groups is 1. The standard InChI is InChI=1S/C18H18N2OS/c1-13-15(19-16(22-13)14-6-3-2-4-7-14)17(21)20-11-5-8-18(12-20)9-10-18/h2-4,6-7,9-10H,5,8,11-12H2,1H3. The molecule has 1 aliphatic carbocycles. The molecule has 112 valence electrons. The number of piperidine rings is 1. The minimum Gasteiger partial charge on any atom is -0.336 e. The Hall–Kier alpha value is -1.94. The molecule has 2 aliphatic rings. The fraction of sp³-hybridized carbons (Fsp3) is 0.333. The van der Waals surface area contributed by atoms with E-state index in [0.29, 0.717) is 5.69 Å². The molecule has 0 bridgehead atoms. The average molecular weight is 310 g/mol. The van der Waals surface area contributed by atoms with Crippen LogP contribution in [0.15, 0.2) is 42.5 Å². The Morgan fingerprint density at radius 3 is 2.77 bits per heavy atom. The van der Waals surface area contributed by atoms with Crippen LogP contribution in [-0.2, 0) is 0 Å². The SMILES string of the molecule is Cc1sc(-c2ccccc2)nc1C(=O)N1CCCC2(C=C2)C1. The van der Waals surface area contributed by atoms with Crippen molar-refractivity contribution in [1.29, 1.82) is 0 Å². The molecular formula is C18H18N2OS. The van der Waals surface area contributed by atoms with Crippen LogP contribution in [0.25, 0.3) is 10.6 Å². The van der Waals surface area contributed by atoms with Crippen LogP contribution in [0.1, 0.15) is 28.2 Å². The summed E-state index contributed by atoms with van der Waals surface area (Å²) >= 11 is 1.60. The van der Waals surface area contributed by atoms with Crippen molar-refractivity contribution in [2.24, 2.45) is 5.41 Å². The van der Waals surface area contributed by atoms with Crippen molar-refractivity contribution in [2.75, 3.05) is 13.1 Å². The van der Waals surface area contributed by atoms with Crippen LogP contribution in [0.4, 0.5) is 0 Å². The molecule has 0 N–H and O–H groups in total. The predicted molar refractivity (Wildman–Crippen MR) is 89.0 cm³/mol. The maximum atomic E-state index is 12.8. The molecule has 1 aliphatic heterocycles. The number of nitrogens with zero attached hydrogens (tertiary/aromatic N) is 2. The zero-order valence-electron chi connectivity index (χ0n) is 12.6. The van der Waals surface area contributed by atoms with Crippen LogP contribution >= 0.6 is 11.3 Å². The number of benzene rings is 1. The third-order valence-electron chi connectivity index (χ3n) is 4.50. The summed E-state index contributed by atoms with van der Waals surface area (Å²) in [5.41, 5.74) is 1.91. The molecule has 2 aromatic rings. The van der Waals surface area contributed by atoms with Gasteiger partial charge >= 0.3 is 0 Å². The molecule has 1 amide bonds. The molecule has 1 fully saturated rings. The molecule has 0 atom stereocenters. The predicted octanol–water partition coefficient (Wildman–Crippen LogP) is 3.91. The quantitative estimate of drug-likeness (QED) is 0.788. The van der Waals surface area contributed by atoms with Gasteiger partial charge in [0.05, 0.1) is 0 Å². The minimum absolute atomic E-state index is 0.0868. The van der Waals surface area contributed by atoms with Crippen molar-refractivity contribution in [3.05, 3.63) is 53.1 Å². The number of aryl methyl sites for hydroxylation is 1. The largest absolute Gasteiger partial charge is 0.336 e. The molecule has 1 aromatic heterocycles. The summed E-state index contributed by atoms with van der Waals surface area (Å²) in [4.78, 5) is 20.4. The van der Waals surface area contributed by atoms with Crippen molar-refractivity contribution in [3.8, 4) is 10.6 Å². The molecule has 4 rings (SSSR count). The molecule has 1 spiro atoms. The molecule has 0 radical (unpaired) electrons. The van der Waals surface area contributed by atoms with Crippen LogP contribution in [0, 0.1) is 12.3 Å². The highest BCUT2D eigenvalue weighted by Crippen LogP contribution is 2.43. The van der Waals surface area contributed by atoms with E-state index in [1.54, 1.807) is 11.3 Å². The molecule has 3 nitrogen and oxygen atoms in total. The number of rotatable bonds is 2. The lowest BCUT2D eigenvalue weighted by Gasteiger charge is -2.33. The van der Waals surface area contributed by atoms with E-state index < -0.39 is 0 Å². The lowest BCUT2D eigenvalue weighted by Crippen LogP contribution is -2.41. The van der Waals surface area contributed by atoms with Crippen molar-refractivity contribution in [3.63, 3.8) is 0 Å². The third kappa shape index (κ3) is 2.37. The number of hydrogen-bond acceptors (Lipinski definition) is 3. The highest BCUT2D eigenvalue weighted by atomic mass is 32.1. The highest BCUT2D eigenvalue weighted by molar-refractivity contribution is 7.15. The van der Waals surface area contributed by atoms with E-state index in [1.165, 1.54) is 6.42 Å². The van der Waals surface area contributed by atoms with E-state index in [0.717, 1.165) is 35.0 Å². The Balaban J connectivity index is 1.60. The van der Waals surface area contributed by atoms with Gasteiger partial charge in [0.15, 0.2) is 0 Å². The maximum Gasteiger partial charge on any atom is 0.273 e. The second-order valence-electron chi connectivity index (χ2n) is 6.19. The molecule has 2 heterocycles. The van der Waals surface area contributed by atoms with Gasteiger partial charge in [-0.25, -0.2) is 4.98 Å². The van der Waals surface area contributed by atoms with Gasteiger partial charge in [0.25, 0.3) is 5.91 Å². The van der Waals surface area contributed by atoms with Crippen LogP contribution in [0.3, 0.4) is 0 Å². The minimum atomic E-state index is 0.0868. The first-order valence-electron chi connectivity index (χ1n) is 7.69.